The molecule has 0 saturated carbocycles. The second-order valence-electron chi connectivity index (χ2n) is 5.92. The van der Waals surface area contributed by atoms with Crippen molar-refractivity contribution in [1.82, 2.24) is 5.10 Å². The van der Waals surface area contributed by atoms with E-state index in [4.69, 9.17) is 10.5 Å². The van der Waals surface area contributed by atoms with Crippen molar-refractivity contribution < 1.29 is 35.6 Å². The molecule has 0 aliphatic rings. The van der Waals surface area contributed by atoms with E-state index < -0.39 is 0 Å². The molecule has 0 unspecified atom stereocenters. The van der Waals surface area contributed by atoms with Gasteiger partial charge in [0.15, 0.2) is 12.4 Å². The Hall–Kier alpha value is -2.54. The number of nitrogens with zero attached hydrogens (tertiary/aromatic N) is 2. The van der Waals surface area contributed by atoms with E-state index in [9.17, 15) is 9.18 Å². The fourth-order valence-electron chi connectivity index (χ4n) is 2.97. The molecule has 27 heavy (non-hydrogen) atoms. The van der Waals surface area contributed by atoms with Gasteiger partial charge in [0.2, 0.25) is 5.69 Å². The van der Waals surface area contributed by atoms with Crippen molar-refractivity contribution >= 4 is 22.6 Å². The van der Waals surface area contributed by atoms with Crippen molar-refractivity contribution in [2.24, 2.45) is 0 Å². The van der Waals surface area contributed by atoms with Crippen LogP contribution in [0.3, 0.4) is 0 Å². The molecule has 0 bridgehead atoms. The van der Waals surface area contributed by atoms with Crippen LogP contribution in [-0.4, -0.2) is 17.7 Å². The van der Waals surface area contributed by atoms with Crippen LogP contribution in [0.5, 0.6) is 0 Å². The number of hydrogen-bond acceptors (Lipinski definition) is 4. The number of fused-ring (bicyclic) bond motifs is 1. The minimum absolute atomic E-state index is 0. The number of ether oxygens (including phenoxy) is 1. The average Bonchev–Trinajstić information content (AvgIpc) is 2.63. The number of carbonyl (C=O) groups is 1. The Balaban J connectivity index is 0.00000261. The first-order valence-corrected chi connectivity index (χ1v) is 8.60. The van der Waals surface area contributed by atoms with Crippen molar-refractivity contribution in [3.8, 4) is 11.3 Å². The number of anilines is 1. The summed E-state index contributed by atoms with van der Waals surface area (Å²) in [5, 5.41) is 6.27. The number of benzene rings is 2. The molecular formula is C20H21BrFN3O2. The fraction of sp³-hybridized carbons (Fsp3) is 0.250. The minimum atomic E-state index is -0.296. The number of carbonyl (C=O) groups excluding carboxylic acids is 1. The maximum Gasteiger partial charge on any atom is 0.306 e. The second-order valence-corrected chi connectivity index (χ2v) is 5.92. The zero-order chi connectivity index (χ0) is 18.5. The summed E-state index contributed by atoms with van der Waals surface area (Å²) in [6.07, 6.45) is 0.876. The highest BCUT2D eigenvalue weighted by atomic mass is 79.9. The molecule has 0 saturated heterocycles. The lowest BCUT2D eigenvalue weighted by Gasteiger charge is -2.08. The third-order valence-electron chi connectivity index (χ3n) is 4.12. The molecule has 142 valence electrons. The van der Waals surface area contributed by atoms with Crippen LogP contribution in [0.1, 0.15) is 19.8 Å². The molecule has 0 aliphatic heterocycles. The van der Waals surface area contributed by atoms with Crippen molar-refractivity contribution in [3.63, 3.8) is 0 Å². The maximum absolute atomic E-state index is 13.4. The van der Waals surface area contributed by atoms with Gasteiger partial charge in [-0.1, -0.05) is 22.9 Å². The van der Waals surface area contributed by atoms with E-state index in [-0.39, 0.29) is 28.8 Å². The summed E-state index contributed by atoms with van der Waals surface area (Å²) >= 11 is 0. The highest BCUT2D eigenvalue weighted by molar-refractivity contribution is 5.98. The van der Waals surface area contributed by atoms with E-state index in [0.29, 0.717) is 31.8 Å². The van der Waals surface area contributed by atoms with Crippen molar-refractivity contribution in [2.75, 3.05) is 12.3 Å². The average molecular weight is 434 g/mol. The summed E-state index contributed by atoms with van der Waals surface area (Å²) in [7, 11) is 0. The monoisotopic (exact) mass is 433 g/mol. The van der Waals surface area contributed by atoms with E-state index in [2.05, 4.69) is 5.10 Å². The second kappa shape index (κ2) is 9.41. The molecule has 1 aromatic heterocycles. The van der Waals surface area contributed by atoms with Gasteiger partial charge in [-0.3, -0.25) is 4.79 Å². The molecule has 0 radical (unpaired) electrons. The van der Waals surface area contributed by atoms with Gasteiger partial charge in [0, 0.05) is 22.5 Å². The van der Waals surface area contributed by atoms with Crippen molar-refractivity contribution in [2.45, 2.75) is 26.3 Å². The number of halogens is 2. The number of nitrogens with two attached hydrogens (primary N) is 1. The van der Waals surface area contributed by atoms with E-state index in [1.807, 2.05) is 24.3 Å². The van der Waals surface area contributed by atoms with E-state index in [1.54, 1.807) is 23.7 Å². The first-order chi connectivity index (χ1) is 12.6. The lowest BCUT2D eigenvalue weighted by molar-refractivity contribution is -0.741. The Morgan fingerprint density at radius 3 is 2.48 bits per heavy atom. The van der Waals surface area contributed by atoms with Crippen LogP contribution < -0.4 is 27.4 Å². The Bertz CT molecular complexity index is 932. The molecule has 0 amide bonds. The molecule has 0 fully saturated rings. The van der Waals surface area contributed by atoms with Gasteiger partial charge in [-0.15, -0.1) is 0 Å². The highest BCUT2D eigenvalue weighted by Crippen LogP contribution is 2.27. The molecule has 0 atom stereocenters. The summed E-state index contributed by atoms with van der Waals surface area (Å²) < 4.78 is 20.1. The Kier molecular flexibility index (Phi) is 7.24. The number of hydrogen-bond donors (Lipinski definition) is 1. The van der Waals surface area contributed by atoms with Gasteiger partial charge in [-0.25, -0.2) is 4.39 Å². The van der Waals surface area contributed by atoms with Gasteiger partial charge < -0.3 is 27.5 Å². The Labute approximate surface area is 167 Å². The van der Waals surface area contributed by atoms with Crippen LogP contribution in [0.2, 0.25) is 0 Å². The molecular weight excluding hydrogens is 413 g/mol. The van der Waals surface area contributed by atoms with Gasteiger partial charge in [-0.05, 0) is 37.3 Å². The predicted molar refractivity (Wildman–Crippen MR) is 97.6 cm³/mol. The smallest absolute Gasteiger partial charge is 0.306 e. The zero-order valence-electron chi connectivity index (χ0n) is 15.0. The topological polar surface area (TPSA) is 69.1 Å². The lowest BCUT2D eigenvalue weighted by atomic mass is 10.0. The molecule has 5 nitrogen and oxygen atoms in total. The normalized spacial score (nSPS) is 10.4. The maximum atomic E-state index is 13.4. The standard InChI is InChI=1S/C20H21FN3O2.BrH/c1-2-26-18(25)8-5-13-24-19(14-9-11-15(21)12-10-14)16-6-3-4-7-17(16)20(22)23-24;/h3-4,6-7,9-12H,2,5,8,13H2,1H3,(H2,22,23);1H/q+1;/p-1. The third kappa shape index (κ3) is 4.80. The zero-order valence-corrected chi connectivity index (χ0v) is 16.6. The number of aryl methyl sites for hydroxylation is 1. The summed E-state index contributed by atoms with van der Waals surface area (Å²) in [6, 6.07) is 14.0. The predicted octanol–water partition coefficient (Wildman–Crippen LogP) is 0.258. The summed E-state index contributed by atoms with van der Waals surface area (Å²) in [6.45, 7) is 2.65. The van der Waals surface area contributed by atoms with Gasteiger partial charge in [0.1, 0.15) is 5.82 Å². The summed E-state index contributed by atoms with van der Waals surface area (Å²) in [5.41, 5.74) is 7.81. The highest BCUT2D eigenvalue weighted by Gasteiger charge is 2.22. The van der Waals surface area contributed by atoms with Crippen LogP contribution in [-0.2, 0) is 16.1 Å². The lowest BCUT2D eigenvalue weighted by Crippen LogP contribution is -3.00. The van der Waals surface area contributed by atoms with Crippen LogP contribution in [0.25, 0.3) is 22.0 Å². The van der Waals surface area contributed by atoms with Gasteiger partial charge >= 0.3 is 5.97 Å². The molecule has 2 aromatic carbocycles. The first kappa shape index (κ1) is 20.8. The SMILES string of the molecule is CCOC(=O)CCC[n+]1nc(N)c2ccccc2c1-c1ccc(F)cc1.[Br-]. The summed E-state index contributed by atoms with van der Waals surface area (Å²) in [5.74, 6) is -0.108. The van der Waals surface area contributed by atoms with Gasteiger partial charge in [0.05, 0.1) is 18.4 Å². The third-order valence-corrected chi connectivity index (χ3v) is 4.12. The molecule has 3 rings (SSSR count). The van der Waals surface area contributed by atoms with Crippen LogP contribution >= 0.6 is 0 Å². The van der Waals surface area contributed by atoms with E-state index in [1.165, 1.54) is 12.1 Å². The largest absolute Gasteiger partial charge is 1.00 e. The fourth-order valence-corrected chi connectivity index (χ4v) is 2.97. The molecule has 3 aromatic rings. The molecule has 2 N–H and O–H groups in total. The summed E-state index contributed by atoms with van der Waals surface area (Å²) in [4.78, 5) is 11.6. The number of nitrogen functional groups attached to an aromatic ring is 1. The van der Waals surface area contributed by atoms with Crippen molar-refractivity contribution in [1.29, 1.82) is 0 Å². The molecule has 0 aliphatic carbocycles. The molecule has 1 heterocycles. The van der Waals surface area contributed by atoms with Gasteiger partial charge in [0.25, 0.3) is 0 Å². The Morgan fingerprint density at radius 2 is 1.81 bits per heavy atom. The van der Waals surface area contributed by atoms with Gasteiger partial charge in [-0.2, -0.15) is 0 Å². The Morgan fingerprint density at radius 1 is 1.15 bits per heavy atom. The minimum Gasteiger partial charge on any atom is -1.00 e. The molecule has 0 spiro atoms. The van der Waals surface area contributed by atoms with Crippen LogP contribution in [0.4, 0.5) is 10.2 Å². The van der Waals surface area contributed by atoms with Crippen molar-refractivity contribution in [3.05, 3.63) is 54.3 Å². The number of esters is 1. The molecule has 7 heteroatoms. The quantitative estimate of drug-likeness (QED) is 0.447. The van der Waals surface area contributed by atoms with Crippen LogP contribution in [0, 0.1) is 5.82 Å². The van der Waals surface area contributed by atoms with E-state index in [0.717, 1.165) is 22.0 Å². The number of aromatic nitrogens is 2. The van der Waals surface area contributed by atoms with Crippen LogP contribution in [0.15, 0.2) is 48.5 Å². The first-order valence-electron chi connectivity index (χ1n) is 8.60. The van der Waals surface area contributed by atoms with E-state index >= 15 is 0 Å². The number of rotatable bonds is 6.